The van der Waals surface area contributed by atoms with Crippen molar-refractivity contribution in [3.63, 3.8) is 0 Å². The monoisotopic (exact) mass is 289 g/mol. The third kappa shape index (κ3) is 5.28. The first-order valence-electron chi connectivity index (χ1n) is 7.39. The van der Waals surface area contributed by atoms with Crippen molar-refractivity contribution < 1.29 is 4.79 Å². The minimum atomic E-state index is 0. The van der Waals surface area contributed by atoms with Crippen LogP contribution in [0.4, 0.5) is 0 Å². The number of carbonyl (C=O) groups is 1. The standard InChI is InChI=1S/C14H27N3O.ClH/c1-11(2)17(9-12-4-3-7-15-8-12)10-13-5-6-14(18)16-13;/h11-13,15H,3-10H2,1-2H3,(H,16,18);1H. The highest BCUT2D eigenvalue weighted by Gasteiger charge is 2.26. The van der Waals surface area contributed by atoms with Crippen molar-refractivity contribution in [1.29, 1.82) is 0 Å². The third-order valence-corrected chi connectivity index (χ3v) is 4.16. The molecule has 0 aliphatic carbocycles. The van der Waals surface area contributed by atoms with E-state index in [1.54, 1.807) is 0 Å². The number of nitrogens with zero attached hydrogens (tertiary/aromatic N) is 1. The molecule has 19 heavy (non-hydrogen) atoms. The molecule has 0 saturated carbocycles. The smallest absolute Gasteiger partial charge is 0.220 e. The Morgan fingerprint density at radius 1 is 1.32 bits per heavy atom. The van der Waals surface area contributed by atoms with E-state index < -0.39 is 0 Å². The van der Waals surface area contributed by atoms with Gasteiger partial charge in [0.15, 0.2) is 0 Å². The summed E-state index contributed by atoms with van der Waals surface area (Å²) in [4.78, 5) is 13.8. The van der Waals surface area contributed by atoms with Crippen LogP contribution in [0.3, 0.4) is 0 Å². The molecule has 5 heteroatoms. The summed E-state index contributed by atoms with van der Waals surface area (Å²) in [5.41, 5.74) is 0. The Labute approximate surface area is 123 Å². The van der Waals surface area contributed by atoms with Crippen molar-refractivity contribution in [3.8, 4) is 0 Å². The number of piperidine rings is 1. The summed E-state index contributed by atoms with van der Waals surface area (Å²) in [7, 11) is 0. The summed E-state index contributed by atoms with van der Waals surface area (Å²) >= 11 is 0. The molecule has 112 valence electrons. The van der Waals surface area contributed by atoms with Crippen LogP contribution in [0.1, 0.15) is 39.5 Å². The molecule has 2 unspecified atom stereocenters. The molecule has 0 aromatic rings. The van der Waals surface area contributed by atoms with Gasteiger partial charge in [-0.1, -0.05) is 0 Å². The molecule has 4 nitrogen and oxygen atoms in total. The van der Waals surface area contributed by atoms with Gasteiger partial charge in [0.05, 0.1) is 0 Å². The Kier molecular flexibility index (Phi) is 7.11. The summed E-state index contributed by atoms with van der Waals surface area (Å²) in [6, 6.07) is 0.931. The van der Waals surface area contributed by atoms with Gasteiger partial charge in [-0.2, -0.15) is 0 Å². The first kappa shape index (κ1) is 16.7. The lowest BCUT2D eigenvalue weighted by Gasteiger charge is -2.34. The number of amides is 1. The highest BCUT2D eigenvalue weighted by molar-refractivity contribution is 5.85. The molecule has 2 N–H and O–H groups in total. The Hall–Kier alpha value is -0.320. The molecule has 2 heterocycles. The van der Waals surface area contributed by atoms with Crippen molar-refractivity contribution in [3.05, 3.63) is 0 Å². The molecule has 1 amide bonds. The normalized spacial score (nSPS) is 27.5. The summed E-state index contributed by atoms with van der Waals surface area (Å²) in [5.74, 6) is 1.00. The number of hydrogen-bond donors (Lipinski definition) is 2. The second-order valence-corrected chi connectivity index (χ2v) is 6.06. The summed E-state index contributed by atoms with van der Waals surface area (Å²) in [6.45, 7) is 9.02. The van der Waals surface area contributed by atoms with Gasteiger partial charge in [-0.05, 0) is 52.1 Å². The van der Waals surface area contributed by atoms with Crippen molar-refractivity contribution >= 4 is 18.3 Å². The van der Waals surface area contributed by atoms with Crippen LogP contribution in [0.25, 0.3) is 0 Å². The van der Waals surface area contributed by atoms with Gasteiger partial charge >= 0.3 is 0 Å². The molecule has 2 aliphatic heterocycles. The van der Waals surface area contributed by atoms with Crippen LogP contribution in [0.15, 0.2) is 0 Å². The molecule has 0 spiro atoms. The van der Waals surface area contributed by atoms with Crippen LogP contribution in [-0.4, -0.2) is 49.1 Å². The largest absolute Gasteiger partial charge is 0.352 e. The van der Waals surface area contributed by atoms with Gasteiger partial charge in [-0.15, -0.1) is 12.4 Å². The van der Waals surface area contributed by atoms with Crippen LogP contribution in [0.5, 0.6) is 0 Å². The first-order valence-corrected chi connectivity index (χ1v) is 7.39. The lowest BCUT2D eigenvalue weighted by Crippen LogP contribution is -2.46. The molecule has 0 aromatic heterocycles. The van der Waals surface area contributed by atoms with Gasteiger partial charge in [0.2, 0.25) is 5.91 Å². The molecule has 0 radical (unpaired) electrons. The van der Waals surface area contributed by atoms with Gasteiger partial charge in [0.25, 0.3) is 0 Å². The van der Waals surface area contributed by atoms with E-state index in [0.717, 1.165) is 32.0 Å². The number of hydrogen-bond acceptors (Lipinski definition) is 3. The number of halogens is 1. The van der Waals surface area contributed by atoms with E-state index in [-0.39, 0.29) is 18.3 Å². The number of nitrogens with one attached hydrogen (secondary N) is 2. The fourth-order valence-electron chi connectivity index (χ4n) is 3.00. The van der Waals surface area contributed by atoms with Crippen LogP contribution in [0, 0.1) is 5.92 Å². The predicted molar refractivity (Wildman–Crippen MR) is 80.7 cm³/mol. The second-order valence-electron chi connectivity index (χ2n) is 6.06. The van der Waals surface area contributed by atoms with Crippen molar-refractivity contribution in [1.82, 2.24) is 15.5 Å². The van der Waals surface area contributed by atoms with Crippen LogP contribution in [-0.2, 0) is 4.79 Å². The van der Waals surface area contributed by atoms with Crippen molar-refractivity contribution in [2.45, 2.75) is 51.6 Å². The number of carbonyl (C=O) groups excluding carboxylic acids is 1. The maximum atomic E-state index is 11.3. The van der Waals surface area contributed by atoms with E-state index in [2.05, 4.69) is 29.4 Å². The molecule has 2 saturated heterocycles. The van der Waals surface area contributed by atoms with Gasteiger partial charge in [-0.3, -0.25) is 9.69 Å². The predicted octanol–water partition coefficient (Wildman–Crippen LogP) is 1.40. The molecule has 2 atom stereocenters. The molecular weight excluding hydrogens is 262 g/mol. The molecule has 0 bridgehead atoms. The summed E-state index contributed by atoms with van der Waals surface area (Å²) < 4.78 is 0. The maximum absolute atomic E-state index is 11.3. The fraction of sp³-hybridized carbons (Fsp3) is 0.929. The van der Waals surface area contributed by atoms with Gasteiger partial charge in [-0.25, -0.2) is 0 Å². The van der Waals surface area contributed by atoms with Crippen LogP contribution in [0.2, 0.25) is 0 Å². The lowest BCUT2D eigenvalue weighted by molar-refractivity contribution is -0.119. The van der Waals surface area contributed by atoms with E-state index in [4.69, 9.17) is 0 Å². The quantitative estimate of drug-likeness (QED) is 0.804. The summed E-state index contributed by atoms with van der Waals surface area (Å²) in [5, 5.41) is 6.56. The number of rotatable bonds is 5. The first-order chi connectivity index (χ1) is 8.65. The van der Waals surface area contributed by atoms with Gasteiger partial charge < -0.3 is 10.6 Å². The zero-order valence-electron chi connectivity index (χ0n) is 12.2. The molecular formula is C14H28ClN3O. The average Bonchev–Trinajstić information content (AvgIpc) is 2.75. The highest BCUT2D eigenvalue weighted by atomic mass is 35.5. The Bertz CT molecular complexity index is 280. The van der Waals surface area contributed by atoms with E-state index in [1.165, 1.54) is 19.4 Å². The minimum Gasteiger partial charge on any atom is -0.352 e. The lowest BCUT2D eigenvalue weighted by atomic mass is 9.98. The third-order valence-electron chi connectivity index (χ3n) is 4.16. The zero-order valence-corrected chi connectivity index (χ0v) is 13.0. The Morgan fingerprint density at radius 3 is 2.63 bits per heavy atom. The molecule has 0 aromatic carbocycles. The zero-order chi connectivity index (χ0) is 13.0. The van der Waals surface area contributed by atoms with E-state index in [9.17, 15) is 4.79 Å². The SMILES string of the molecule is CC(C)N(CC1CCCNC1)CC1CCC(=O)N1.Cl. The highest BCUT2D eigenvalue weighted by Crippen LogP contribution is 2.16. The average molecular weight is 290 g/mol. The van der Waals surface area contributed by atoms with Crippen LogP contribution >= 0.6 is 12.4 Å². The van der Waals surface area contributed by atoms with E-state index in [0.29, 0.717) is 18.5 Å². The van der Waals surface area contributed by atoms with E-state index >= 15 is 0 Å². The van der Waals surface area contributed by atoms with Crippen LogP contribution < -0.4 is 10.6 Å². The topological polar surface area (TPSA) is 44.4 Å². The van der Waals surface area contributed by atoms with E-state index in [1.807, 2.05) is 0 Å². The maximum Gasteiger partial charge on any atom is 0.220 e. The molecule has 2 rings (SSSR count). The Balaban J connectivity index is 0.00000180. The van der Waals surface area contributed by atoms with Gasteiger partial charge in [0, 0.05) is 31.6 Å². The van der Waals surface area contributed by atoms with Crippen molar-refractivity contribution in [2.75, 3.05) is 26.2 Å². The molecule has 2 fully saturated rings. The summed E-state index contributed by atoms with van der Waals surface area (Å²) in [6.07, 6.45) is 4.36. The van der Waals surface area contributed by atoms with Crippen molar-refractivity contribution in [2.24, 2.45) is 5.92 Å². The Morgan fingerprint density at radius 2 is 2.11 bits per heavy atom. The molecule has 2 aliphatic rings. The minimum absolute atomic E-state index is 0. The fourth-order valence-corrected chi connectivity index (χ4v) is 3.00. The second kappa shape index (κ2) is 8.08. The van der Waals surface area contributed by atoms with Gasteiger partial charge in [0.1, 0.15) is 0 Å².